The van der Waals surface area contributed by atoms with E-state index in [2.05, 4.69) is 30.4 Å². The van der Waals surface area contributed by atoms with Gasteiger partial charge in [-0.25, -0.2) is 0 Å². The van der Waals surface area contributed by atoms with Gasteiger partial charge in [0.15, 0.2) is 0 Å². The standard InChI is InChI=1S/C16H22ClN/c1-12-5-6-13(11-14(12)17)18-15-7-10-16(15)8-3-2-4-9-16/h5-6,11,15,18H,2-4,7-10H2,1H3. The summed E-state index contributed by atoms with van der Waals surface area (Å²) in [5, 5.41) is 4.59. The van der Waals surface area contributed by atoms with Crippen LogP contribution in [0.4, 0.5) is 5.69 Å². The van der Waals surface area contributed by atoms with Gasteiger partial charge in [-0.3, -0.25) is 0 Å². The van der Waals surface area contributed by atoms with Crippen molar-refractivity contribution in [1.29, 1.82) is 0 Å². The van der Waals surface area contributed by atoms with Gasteiger partial charge >= 0.3 is 0 Å². The van der Waals surface area contributed by atoms with Gasteiger partial charge in [0.25, 0.3) is 0 Å². The van der Waals surface area contributed by atoms with Crippen LogP contribution in [0.25, 0.3) is 0 Å². The fraction of sp³-hybridized carbons (Fsp3) is 0.625. The Morgan fingerprint density at radius 3 is 2.56 bits per heavy atom. The van der Waals surface area contributed by atoms with Gasteiger partial charge in [0, 0.05) is 16.8 Å². The Morgan fingerprint density at radius 2 is 1.94 bits per heavy atom. The third-order valence-electron chi connectivity index (χ3n) is 5.03. The first kappa shape index (κ1) is 12.3. The van der Waals surface area contributed by atoms with Crippen LogP contribution in [0.2, 0.25) is 5.02 Å². The number of anilines is 1. The first-order chi connectivity index (χ1) is 8.70. The van der Waals surface area contributed by atoms with Crippen molar-refractivity contribution in [2.45, 2.75) is 57.9 Å². The summed E-state index contributed by atoms with van der Waals surface area (Å²) in [4.78, 5) is 0. The van der Waals surface area contributed by atoms with E-state index in [0.717, 1.165) is 10.6 Å². The van der Waals surface area contributed by atoms with Gasteiger partial charge in [-0.2, -0.15) is 0 Å². The zero-order chi connectivity index (χ0) is 12.6. The quantitative estimate of drug-likeness (QED) is 0.776. The Hall–Kier alpha value is -0.690. The van der Waals surface area contributed by atoms with Gasteiger partial charge < -0.3 is 5.32 Å². The van der Waals surface area contributed by atoms with E-state index in [9.17, 15) is 0 Å². The molecule has 2 aliphatic rings. The molecule has 1 N–H and O–H groups in total. The van der Waals surface area contributed by atoms with E-state index in [1.165, 1.54) is 50.6 Å². The maximum atomic E-state index is 6.20. The second kappa shape index (κ2) is 4.77. The molecule has 1 unspecified atom stereocenters. The first-order valence-corrected chi connectivity index (χ1v) is 7.60. The molecule has 0 amide bonds. The molecule has 2 saturated carbocycles. The third-order valence-corrected chi connectivity index (χ3v) is 5.44. The van der Waals surface area contributed by atoms with Crippen molar-refractivity contribution in [1.82, 2.24) is 0 Å². The van der Waals surface area contributed by atoms with E-state index in [1.807, 2.05) is 0 Å². The van der Waals surface area contributed by atoms with E-state index in [1.54, 1.807) is 0 Å². The summed E-state index contributed by atoms with van der Waals surface area (Å²) in [6.07, 6.45) is 9.87. The fourth-order valence-corrected chi connectivity index (χ4v) is 3.84. The van der Waals surface area contributed by atoms with Crippen LogP contribution in [-0.4, -0.2) is 6.04 Å². The zero-order valence-electron chi connectivity index (χ0n) is 11.1. The fourth-order valence-electron chi connectivity index (χ4n) is 3.66. The highest BCUT2D eigenvalue weighted by Crippen LogP contribution is 2.52. The predicted molar refractivity (Wildman–Crippen MR) is 78.4 cm³/mol. The van der Waals surface area contributed by atoms with Crippen molar-refractivity contribution in [3.63, 3.8) is 0 Å². The number of rotatable bonds is 2. The van der Waals surface area contributed by atoms with E-state index in [-0.39, 0.29) is 0 Å². The molecular formula is C16H22ClN. The summed E-state index contributed by atoms with van der Waals surface area (Å²) in [7, 11) is 0. The van der Waals surface area contributed by atoms with Crippen molar-refractivity contribution in [3.05, 3.63) is 28.8 Å². The molecule has 2 aliphatic carbocycles. The largest absolute Gasteiger partial charge is 0.382 e. The molecule has 0 heterocycles. The normalized spacial score (nSPS) is 25.8. The van der Waals surface area contributed by atoms with Crippen LogP contribution in [0.15, 0.2) is 18.2 Å². The van der Waals surface area contributed by atoms with Crippen LogP contribution in [0, 0.1) is 12.3 Å². The van der Waals surface area contributed by atoms with Crippen LogP contribution in [0.1, 0.15) is 50.5 Å². The molecule has 0 radical (unpaired) electrons. The molecule has 2 heteroatoms. The summed E-state index contributed by atoms with van der Waals surface area (Å²) < 4.78 is 0. The Kier molecular flexibility index (Phi) is 3.27. The van der Waals surface area contributed by atoms with E-state index >= 15 is 0 Å². The van der Waals surface area contributed by atoms with Crippen molar-refractivity contribution in [2.24, 2.45) is 5.41 Å². The molecule has 2 fully saturated rings. The highest BCUT2D eigenvalue weighted by atomic mass is 35.5. The Balaban J connectivity index is 1.70. The van der Waals surface area contributed by atoms with Crippen molar-refractivity contribution < 1.29 is 0 Å². The van der Waals surface area contributed by atoms with Gasteiger partial charge in [0.1, 0.15) is 0 Å². The molecule has 3 rings (SSSR count). The lowest BCUT2D eigenvalue weighted by molar-refractivity contribution is 0.0571. The zero-order valence-corrected chi connectivity index (χ0v) is 11.9. The minimum atomic E-state index is 0.607. The average molecular weight is 264 g/mol. The van der Waals surface area contributed by atoms with E-state index < -0.39 is 0 Å². The number of benzene rings is 1. The lowest BCUT2D eigenvalue weighted by Crippen LogP contribution is -2.50. The minimum absolute atomic E-state index is 0.607. The summed E-state index contributed by atoms with van der Waals surface area (Å²) in [5.41, 5.74) is 2.96. The molecule has 0 bridgehead atoms. The summed E-state index contributed by atoms with van der Waals surface area (Å²) in [6.45, 7) is 2.05. The van der Waals surface area contributed by atoms with Gasteiger partial charge in [-0.1, -0.05) is 36.9 Å². The number of aryl methyl sites for hydroxylation is 1. The Bertz CT molecular complexity index is 435. The van der Waals surface area contributed by atoms with Crippen LogP contribution < -0.4 is 5.32 Å². The number of nitrogens with one attached hydrogen (secondary N) is 1. The SMILES string of the molecule is Cc1ccc(NC2CCC23CCCCC3)cc1Cl. The Morgan fingerprint density at radius 1 is 1.17 bits per heavy atom. The van der Waals surface area contributed by atoms with Gasteiger partial charge in [0.2, 0.25) is 0 Å². The highest BCUT2D eigenvalue weighted by Gasteiger charge is 2.46. The molecule has 0 aromatic heterocycles. The molecule has 1 aromatic rings. The molecule has 0 aliphatic heterocycles. The van der Waals surface area contributed by atoms with Crippen molar-refractivity contribution in [3.8, 4) is 0 Å². The predicted octanol–water partition coefficient (Wildman–Crippen LogP) is 5.17. The summed E-state index contributed by atoms with van der Waals surface area (Å²) in [5.74, 6) is 0. The second-order valence-corrected chi connectivity index (χ2v) is 6.53. The average Bonchev–Trinajstić information content (AvgIpc) is 2.40. The molecule has 1 spiro atoms. The summed E-state index contributed by atoms with van der Waals surface area (Å²) in [6, 6.07) is 7.02. The van der Waals surface area contributed by atoms with Crippen molar-refractivity contribution in [2.75, 3.05) is 5.32 Å². The smallest absolute Gasteiger partial charge is 0.0455 e. The van der Waals surface area contributed by atoms with E-state index in [4.69, 9.17) is 11.6 Å². The lowest BCUT2D eigenvalue weighted by Gasteiger charge is -2.52. The van der Waals surface area contributed by atoms with Crippen molar-refractivity contribution >= 4 is 17.3 Å². The minimum Gasteiger partial charge on any atom is -0.382 e. The molecule has 18 heavy (non-hydrogen) atoms. The molecular weight excluding hydrogens is 242 g/mol. The van der Waals surface area contributed by atoms with Crippen LogP contribution >= 0.6 is 11.6 Å². The molecule has 1 nitrogen and oxygen atoms in total. The maximum absolute atomic E-state index is 6.20. The van der Waals surface area contributed by atoms with E-state index in [0.29, 0.717) is 11.5 Å². The maximum Gasteiger partial charge on any atom is 0.0455 e. The lowest BCUT2D eigenvalue weighted by atomic mass is 9.57. The van der Waals surface area contributed by atoms with Gasteiger partial charge in [-0.05, 0) is 55.7 Å². The van der Waals surface area contributed by atoms with Gasteiger partial charge in [0.05, 0.1) is 0 Å². The molecule has 1 aromatic carbocycles. The third kappa shape index (κ3) is 2.14. The number of hydrogen-bond acceptors (Lipinski definition) is 1. The van der Waals surface area contributed by atoms with Crippen LogP contribution in [0.3, 0.4) is 0 Å². The molecule has 1 atom stereocenters. The Labute approximate surface area is 115 Å². The summed E-state index contributed by atoms with van der Waals surface area (Å²) >= 11 is 6.20. The molecule has 0 saturated heterocycles. The van der Waals surface area contributed by atoms with Gasteiger partial charge in [-0.15, -0.1) is 0 Å². The number of hydrogen-bond donors (Lipinski definition) is 1. The topological polar surface area (TPSA) is 12.0 Å². The molecule has 98 valence electrons. The number of halogens is 1. The van der Waals surface area contributed by atoms with Crippen LogP contribution in [-0.2, 0) is 0 Å². The second-order valence-electron chi connectivity index (χ2n) is 6.12. The first-order valence-electron chi connectivity index (χ1n) is 7.22. The van der Waals surface area contributed by atoms with Crippen LogP contribution in [0.5, 0.6) is 0 Å². The highest BCUT2D eigenvalue weighted by molar-refractivity contribution is 6.31. The monoisotopic (exact) mass is 263 g/mol.